The molecule has 0 saturated carbocycles. The molecule has 0 aliphatic carbocycles. The van der Waals surface area contributed by atoms with Crippen molar-refractivity contribution in [1.82, 2.24) is 0 Å². The fourth-order valence-electron chi connectivity index (χ4n) is 4.02. The van der Waals surface area contributed by atoms with E-state index in [1.54, 1.807) is 17.4 Å². The van der Waals surface area contributed by atoms with Gasteiger partial charge < -0.3 is 4.74 Å². The first-order chi connectivity index (χ1) is 12.8. The molecule has 6 heteroatoms. The van der Waals surface area contributed by atoms with E-state index in [-0.39, 0.29) is 5.75 Å². The molecule has 0 bridgehead atoms. The van der Waals surface area contributed by atoms with Crippen LogP contribution in [0.4, 0.5) is 13.2 Å². The van der Waals surface area contributed by atoms with Gasteiger partial charge in [-0.2, -0.15) is 13.2 Å². The molecule has 0 unspecified atom stereocenters. The summed E-state index contributed by atoms with van der Waals surface area (Å²) in [5.74, 6) is 0.911. The second-order valence-corrected chi connectivity index (χ2v) is 7.85. The van der Waals surface area contributed by atoms with Crippen LogP contribution in [-0.2, 0) is 13.2 Å². The molecule has 0 amide bonds. The monoisotopic (exact) mass is 386 g/mol. The Labute approximate surface area is 157 Å². The molecule has 2 aromatic carbocycles. The molecule has 0 spiro atoms. The molecule has 4 aromatic rings. The zero-order chi connectivity index (χ0) is 19.1. The lowest BCUT2D eigenvalue weighted by molar-refractivity contribution is -0.659. The minimum Gasteiger partial charge on any atom is -0.455 e. The van der Waals surface area contributed by atoms with Crippen LogP contribution in [0, 0.1) is 13.8 Å². The van der Waals surface area contributed by atoms with Crippen LogP contribution >= 0.6 is 11.3 Å². The van der Waals surface area contributed by atoms with Crippen molar-refractivity contribution in [3.05, 3.63) is 52.5 Å². The van der Waals surface area contributed by atoms with E-state index >= 15 is 0 Å². The summed E-state index contributed by atoms with van der Waals surface area (Å²) < 4.78 is 49.3. The quantitative estimate of drug-likeness (QED) is 0.285. The number of hydrogen-bond acceptors (Lipinski definition) is 2. The van der Waals surface area contributed by atoms with Crippen molar-refractivity contribution in [2.24, 2.45) is 7.05 Å². The number of thiophene rings is 1. The van der Waals surface area contributed by atoms with Crippen molar-refractivity contribution in [2.75, 3.05) is 0 Å². The SMILES string of the molecule is Cc1c2c(c(C)c3sccc13)Oc1cc(C(F)(F)F)cc3cc[n+](C)c-2c13. The van der Waals surface area contributed by atoms with E-state index in [0.29, 0.717) is 11.1 Å². The van der Waals surface area contributed by atoms with Gasteiger partial charge in [-0.25, -0.2) is 4.57 Å². The Balaban J connectivity index is 1.97. The van der Waals surface area contributed by atoms with E-state index < -0.39 is 11.7 Å². The second kappa shape index (κ2) is 5.23. The van der Waals surface area contributed by atoms with Crippen LogP contribution in [-0.4, -0.2) is 0 Å². The van der Waals surface area contributed by atoms with E-state index in [0.717, 1.165) is 43.9 Å². The summed E-state index contributed by atoms with van der Waals surface area (Å²) in [7, 11) is 1.91. The van der Waals surface area contributed by atoms with Crippen LogP contribution in [0.25, 0.3) is 32.1 Å². The van der Waals surface area contributed by atoms with Gasteiger partial charge in [-0.05, 0) is 53.8 Å². The van der Waals surface area contributed by atoms with Gasteiger partial charge in [-0.3, -0.25) is 0 Å². The summed E-state index contributed by atoms with van der Waals surface area (Å²) in [6.45, 7) is 4.01. The Morgan fingerprint density at radius 1 is 1.07 bits per heavy atom. The van der Waals surface area contributed by atoms with Crippen LogP contribution < -0.4 is 9.30 Å². The number of hydrogen-bond donors (Lipinski definition) is 0. The van der Waals surface area contributed by atoms with Gasteiger partial charge in [0.2, 0.25) is 5.69 Å². The smallest absolute Gasteiger partial charge is 0.416 e. The number of alkyl halides is 3. The first-order valence-electron chi connectivity index (χ1n) is 8.49. The third kappa shape index (κ3) is 2.16. The van der Waals surface area contributed by atoms with Crippen LogP contribution in [0.3, 0.4) is 0 Å². The molecular formula is C21H15F3NOS+. The molecule has 0 radical (unpaired) electrons. The third-order valence-corrected chi connectivity index (χ3v) is 6.36. The molecule has 1 aliphatic rings. The lowest BCUT2D eigenvalue weighted by Gasteiger charge is -2.24. The number of aromatic nitrogens is 1. The Morgan fingerprint density at radius 3 is 2.59 bits per heavy atom. The van der Waals surface area contributed by atoms with Gasteiger partial charge in [0.1, 0.15) is 18.5 Å². The standard InChI is InChI=1S/C21H15F3NOS/c1-10-14-5-7-27-20(14)11(2)19-16(10)18-17-12(4-6-25(18)3)8-13(21(22,23)24)9-15(17)26-19/h4-9H,1-3H3/q+1. The molecule has 0 atom stereocenters. The number of nitrogens with zero attached hydrogens (tertiary/aromatic N) is 1. The van der Waals surface area contributed by atoms with Crippen LogP contribution in [0.15, 0.2) is 35.8 Å². The van der Waals surface area contributed by atoms with Crippen LogP contribution in [0.5, 0.6) is 11.5 Å². The van der Waals surface area contributed by atoms with E-state index in [2.05, 4.69) is 6.07 Å². The molecule has 2 aromatic heterocycles. The van der Waals surface area contributed by atoms with Gasteiger partial charge in [0.25, 0.3) is 0 Å². The molecule has 2 nitrogen and oxygen atoms in total. The van der Waals surface area contributed by atoms with Crippen molar-refractivity contribution in [3.8, 4) is 22.8 Å². The van der Waals surface area contributed by atoms with Gasteiger partial charge in [0, 0.05) is 16.3 Å². The van der Waals surface area contributed by atoms with Crippen molar-refractivity contribution in [1.29, 1.82) is 0 Å². The summed E-state index contributed by atoms with van der Waals surface area (Å²) in [5, 5.41) is 4.44. The maximum Gasteiger partial charge on any atom is 0.416 e. The second-order valence-electron chi connectivity index (χ2n) is 6.93. The largest absolute Gasteiger partial charge is 0.455 e. The Kier molecular flexibility index (Phi) is 3.21. The van der Waals surface area contributed by atoms with Gasteiger partial charge in [0.15, 0.2) is 6.20 Å². The van der Waals surface area contributed by atoms with Crippen LogP contribution in [0.1, 0.15) is 16.7 Å². The van der Waals surface area contributed by atoms with E-state index in [1.165, 1.54) is 6.07 Å². The highest BCUT2D eigenvalue weighted by Gasteiger charge is 2.36. The molecule has 0 saturated heterocycles. The van der Waals surface area contributed by atoms with Crippen molar-refractivity contribution in [2.45, 2.75) is 20.0 Å². The zero-order valence-corrected chi connectivity index (χ0v) is 15.7. The molecule has 0 N–H and O–H groups in total. The highest BCUT2D eigenvalue weighted by molar-refractivity contribution is 7.17. The average Bonchev–Trinajstić information content (AvgIpc) is 3.11. The molecule has 1 aliphatic heterocycles. The first kappa shape index (κ1) is 16.6. The summed E-state index contributed by atoms with van der Waals surface area (Å²) in [6.07, 6.45) is -2.61. The Morgan fingerprint density at radius 2 is 1.85 bits per heavy atom. The normalized spacial score (nSPS) is 13.1. The summed E-state index contributed by atoms with van der Waals surface area (Å²) in [4.78, 5) is 0. The summed E-state index contributed by atoms with van der Waals surface area (Å²) in [6, 6.07) is 6.10. The average molecular weight is 386 g/mol. The van der Waals surface area contributed by atoms with E-state index in [9.17, 15) is 13.2 Å². The summed E-state index contributed by atoms with van der Waals surface area (Å²) in [5.41, 5.74) is 3.20. The Hall–Kier alpha value is -2.60. The van der Waals surface area contributed by atoms with E-state index in [4.69, 9.17) is 4.74 Å². The number of pyridine rings is 1. The number of aryl methyl sites for hydroxylation is 3. The first-order valence-corrected chi connectivity index (χ1v) is 9.37. The molecular weight excluding hydrogens is 371 g/mol. The molecule has 136 valence electrons. The van der Waals surface area contributed by atoms with Crippen molar-refractivity contribution < 1.29 is 22.5 Å². The number of fused-ring (bicyclic) bond motifs is 3. The molecule has 5 rings (SSSR count). The van der Waals surface area contributed by atoms with E-state index in [1.807, 2.05) is 37.0 Å². The Bertz CT molecular complexity index is 1270. The maximum absolute atomic E-state index is 13.4. The molecule has 0 fully saturated rings. The minimum atomic E-state index is -4.42. The van der Waals surface area contributed by atoms with Crippen molar-refractivity contribution >= 4 is 32.2 Å². The fraction of sp³-hybridized carbons (Fsp3) is 0.190. The summed E-state index contributed by atoms with van der Waals surface area (Å²) >= 11 is 1.62. The van der Waals surface area contributed by atoms with Gasteiger partial charge >= 0.3 is 6.18 Å². The number of rotatable bonds is 0. The number of halogens is 3. The van der Waals surface area contributed by atoms with Gasteiger partial charge in [-0.15, -0.1) is 11.3 Å². The number of benzene rings is 2. The molecule has 27 heavy (non-hydrogen) atoms. The topological polar surface area (TPSA) is 13.1 Å². The van der Waals surface area contributed by atoms with Gasteiger partial charge in [0.05, 0.1) is 16.5 Å². The fourth-order valence-corrected chi connectivity index (χ4v) is 4.98. The van der Waals surface area contributed by atoms with Crippen molar-refractivity contribution in [3.63, 3.8) is 0 Å². The minimum absolute atomic E-state index is 0.261. The molecule has 3 heterocycles. The lowest BCUT2D eigenvalue weighted by atomic mass is 9.91. The zero-order valence-electron chi connectivity index (χ0n) is 14.9. The van der Waals surface area contributed by atoms with Gasteiger partial charge in [-0.1, -0.05) is 0 Å². The predicted octanol–water partition coefficient (Wildman–Crippen LogP) is 6.29. The lowest BCUT2D eigenvalue weighted by Crippen LogP contribution is -2.32. The van der Waals surface area contributed by atoms with Crippen LogP contribution in [0.2, 0.25) is 0 Å². The third-order valence-electron chi connectivity index (χ3n) is 5.33. The maximum atomic E-state index is 13.4. The highest BCUT2D eigenvalue weighted by atomic mass is 32.1. The number of ether oxygens (including phenoxy) is 1. The predicted molar refractivity (Wildman–Crippen MR) is 100 cm³/mol. The highest BCUT2D eigenvalue weighted by Crippen LogP contribution is 2.52.